The van der Waals surface area contributed by atoms with E-state index in [4.69, 9.17) is 11.6 Å². The third kappa shape index (κ3) is 2.68. The molecule has 0 fully saturated rings. The van der Waals surface area contributed by atoms with Crippen LogP contribution >= 0.6 is 27.5 Å². The Morgan fingerprint density at radius 1 is 1.33 bits per heavy atom. The number of aromatic nitrogens is 1. The molecule has 92 valence electrons. The molecule has 1 aromatic carbocycles. The van der Waals surface area contributed by atoms with Crippen LogP contribution in [-0.4, -0.2) is 10.9 Å². The van der Waals surface area contributed by atoms with E-state index in [-0.39, 0.29) is 16.4 Å². The average molecular weight is 330 g/mol. The number of pyridine rings is 1. The highest BCUT2D eigenvalue weighted by Gasteiger charge is 2.14. The topological polar surface area (TPSA) is 42.0 Å². The Morgan fingerprint density at radius 2 is 2.11 bits per heavy atom. The maximum atomic E-state index is 13.5. The van der Waals surface area contributed by atoms with Crippen LogP contribution in [0.3, 0.4) is 0 Å². The molecule has 0 atom stereocenters. The van der Waals surface area contributed by atoms with Gasteiger partial charge >= 0.3 is 0 Å². The number of para-hydroxylation sites is 1. The molecule has 0 saturated heterocycles. The fourth-order valence-corrected chi connectivity index (χ4v) is 2.00. The van der Waals surface area contributed by atoms with E-state index < -0.39 is 11.7 Å². The Morgan fingerprint density at radius 3 is 2.78 bits per heavy atom. The quantitative estimate of drug-likeness (QED) is 0.849. The third-order valence-electron chi connectivity index (χ3n) is 2.21. The highest BCUT2D eigenvalue weighted by molar-refractivity contribution is 9.10. The summed E-state index contributed by atoms with van der Waals surface area (Å²) in [6, 6.07) is 7.51. The molecule has 0 aliphatic carbocycles. The summed E-state index contributed by atoms with van der Waals surface area (Å²) < 4.78 is 14.0. The summed E-state index contributed by atoms with van der Waals surface area (Å²) in [6.07, 6.45) is 1.47. The average Bonchev–Trinajstić information content (AvgIpc) is 2.34. The number of benzene rings is 1. The van der Waals surface area contributed by atoms with Gasteiger partial charge in [0.05, 0.1) is 11.3 Å². The zero-order valence-electron chi connectivity index (χ0n) is 8.95. The van der Waals surface area contributed by atoms with Crippen LogP contribution < -0.4 is 5.32 Å². The molecule has 2 rings (SSSR count). The second-order valence-electron chi connectivity index (χ2n) is 3.39. The first-order valence-electron chi connectivity index (χ1n) is 4.95. The molecule has 0 spiro atoms. The van der Waals surface area contributed by atoms with Gasteiger partial charge in [-0.3, -0.25) is 4.79 Å². The summed E-state index contributed by atoms with van der Waals surface area (Å²) in [5, 5.41) is 2.52. The predicted molar refractivity (Wildman–Crippen MR) is 71.3 cm³/mol. The summed E-state index contributed by atoms with van der Waals surface area (Å²) >= 11 is 8.95. The van der Waals surface area contributed by atoms with Crippen LogP contribution in [0.2, 0.25) is 5.15 Å². The summed E-state index contributed by atoms with van der Waals surface area (Å²) in [7, 11) is 0. The first-order chi connectivity index (χ1) is 8.59. The predicted octanol–water partition coefficient (Wildman–Crippen LogP) is 3.89. The van der Waals surface area contributed by atoms with Crippen molar-refractivity contribution in [3.05, 3.63) is 57.5 Å². The van der Waals surface area contributed by atoms with Gasteiger partial charge in [-0.25, -0.2) is 9.37 Å². The highest BCUT2D eigenvalue weighted by Crippen LogP contribution is 2.26. The molecule has 0 saturated carbocycles. The second kappa shape index (κ2) is 5.46. The maximum absolute atomic E-state index is 13.5. The number of amides is 1. The molecule has 0 bridgehead atoms. The van der Waals surface area contributed by atoms with E-state index in [9.17, 15) is 9.18 Å². The molecule has 1 amide bonds. The lowest BCUT2D eigenvalue weighted by Gasteiger charge is -2.08. The summed E-state index contributed by atoms with van der Waals surface area (Å²) in [4.78, 5) is 15.7. The Kier molecular flexibility index (Phi) is 3.93. The number of carbonyl (C=O) groups excluding carboxylic acids is 1. The van der Waals surface area contributed by atoms with Crippen molar-refractivity contribution in [3.8, 4) is 0 Å². The van der Waals surface area contributed by atoms with E-state index >= 15 is 0 Å². The minimum Gasteiger partial charge on any atom is -0.318 e. The van der Waals surface area contributed by atoms with Gasteiger partial charge in [-0.2, -0.15) is 0 Å². The van der Waals surface area contributed by atoms with E-state index in [2.05, 4.69) is 26.2 Å². The Bertz CT molecular complexity index is 586. The number of halogens is 3. The highest BCUT2D eigenvalue weighted by atomic mass is 79.9. The van der Waals surface area contributed by atoms with Gasteiger partial charge in [0.25, 0.3) is 5.91 Å². The molecule has 1 N–H and O–H groups in total. The van der Waals surface area contributed by atoms with Crippen LogP contribution in [0.25, 0.3) is 0 Å². The molecule has 3 nitrogen and oxygen atoms in total. The van der Waals surface area contributed by atoms with E-state index in [0.29, 0.717) is 4.47 Å². The largest absolute Gasteiger partial charge is 0.318 e. The molecule has 1 aromatic heterocycles. The van der Waals surface area contributed by atoms with Crippen LogP contribution in [0.5, 0.6) is 0 Å². The van der Waals surface area contributed by atoms with Gasteiger partial charge in [0.1, 0.15) is 11.0 Å². The Balaban J connectivity index is 2.30. The number of anilines is 1. The summed E-state index contributed by atoms with van der Waals surface area (Å²) in [5.74, 6) is -1.04. The lowest BCUT2D eigenvalue weighted by Crippen LogP contribution is -2.14. The monoisotopic (exact) mass is 328 g/mol. The minimum absolute atomic E-state index is 0.0717. The number of hydrogen-bond donors (Lipinski definition) is 1. The lowest BCUT2D eigenvalue weighted by atomic mass is 10.2. The fourth-order valence-electron chi connectivity index (χ4n) is 1.35. The number of rotatable bonds is 2. The molecule has 0 aliphatic rings. The Hall–Kier alpha value is -1.46. The number of carbonyl (C=O) groups is 1. The van der Waals surface area contributed by atoms with Crippen LogP contribution in [0.15, 0.2) is 41.0 Å². The molecule has 0 radical (unpaired) electrons. The SMILES string of the molecule is O=C(Nc1c(F)cccc1Br)c1cccnc1Cl. The van der Waals surface area contributed by atoms with Crippen molar-refractivity contribution >= 4 is 39.1 Å². The zero-order valence-corrected chi connectivity index (χ0v) is 11.3. The summed E-state index contributed by atoms with van der Waals surface area (Å²) in [5.41, 5.74) is 0.261. The van der Waals surface area contributed by atoms with Crippen molar-refractivity contribution in [1.82, 2.24) is 4.98 Å². The number of hydrogen-bond acceptors (Lipinski definition) is 2. The molecule has 0 unspecified atom stereocenters. The van der Waals surface area contributed by atoms with Crippen LogP contribution in [0.1, 0.15) is 10.4 Å². The molecule has 2 aromatic rings. The van der Waals surface area contributed by atoms with Gasteiger partial charge in [0, 0.05) is 10.7 Å². The number of nitrogens with zero attached hydrogens (tertiary/aromatic N) is 1. The molecule has 18 heavy (non-hydrogen) atoms. The third-order valence-corrected chi connectivity index (χ3v) is 3.17. The van der Waals surface area contributed by atoms with Gasteiger partial charge in [-0.05, 0) is 40.2 Å². The first kappa shape index (κ1) is 13.0. The zero-order chi connectivity index (χ0) is 13.1. The lowest BCUT2D eigenvalue weighted by molar-refractivity contribution is 0.102. The molecule has 1 heterocycles. The van der Waals surface area contributed by atoms with E-state index in [0.717, 1.165) is 0 Å². The van der Waals surface area contributed by atoms with E-state index in [1.165, 1.54) is 24.4 Å². The van der Waals surface area contributed by atoms with Gasteiger partial charge in [0.15, 0.2) is 0 Å². The van der Waals surface area contributed by atoms with Gasteiger partial charge in [0.2, 0.25) is 0 Å². The van der Waals surface area contributed by atoms with Crippen molar-refractivity contribution in [1.29, 1.82) is 0 Å². The van der Waals surface area contributed by atoms with Crippen molar-refractivity contribution in [2.75, 3.05) is 5.32 Å². The first-order valence-corrected chi connectivity index (χ1v) is 6.12. The van der Waals surface area contributed by atoms with Crippen LogP contribution in [-0.2, 0) is 0 Å². The van der Waals surface area contributed by atoms with Crippen molar-refractivity contribution < 1.29 is 9.18 Å². The van der Waals surface area contributed by atoms with Gasteiger partial charge < -0.3 is 5.32 Å². The minimum atomic E-state index is -0.530. The standard InChI is InChI=1S/C12H7BrClFN2O/c13-8-4-1-5-9(15)10(8)17-12(18)7-3-2-6-16-11(7)14/h1-6H,(H,17,18). The maximum Gasteiger partial charge on any atom is 0.258 e. The van der Waals surface area contributed by atoms with Crippen LogP contribution in [0.4, 0.5) is 10.1 Å². The second-order valence-corrected chi connectivity index (χ2v) is 4.60. The molecule has 0 aliphatic heterocycles. The normalized spacial score (nSPS) is 10.2. The van der Waals surface area contributed by atoms with E-state index in [1.54, 1.807) is 12.1 Å². The number of nitrogens with one attached hydrogen (secondary N) is 1. The fraction of sp³-hybridized carbons (Fsp3) is 0. The van der Waals surface area contributed by atoms with Gasteiger partial charge in [-0.15, -0.1) is 0 Å². The Labute approximate surface area is 116 Å². The van der Waals surface area contributed by atoms with Crippen molar-refractivity contribution in [2.24, 2.45) is 0 Å². The van der Waals surface area contributed by atoms with E-state index in [1.807, 2.05) is 0 Å². The van der Waals surface area contributed by atoms with Gasteiger partial charge in [-0.1, -0.05) is 17.7 Å². The van der Waals surface area contributed by atoms with Crippen molar-refractivity contribution in [3.63, 3.8) is 0 Å². The van der Waals surface area contributed by atoms with Crippen molar-refractivity contribution in [2.45, 2.75) is 0 Å². The molecular weight excluding hydrogens is 322 g/mol. The summed E-state index contributed by atoms with van der Waals surface area (Å²) in [6.45, 7) is 0. The molecular formula is C12H7BrClFN2O. The molecule has 6 heteroatoms. The van der Waals surface area contributed by atoms with Crippen LogP contribution in [0, 0.1) is 5.82 Å². The smallest absolute Gasteiger partial charge is 0.258 e.